The summed E-state index contributed by atoms with van der Waals surface area (Å²) in [5.74, 6) is 0.480. The van der Waals surface area contributed by atoms with Crippen molar-refractivity contribution in [2.45, 2.75) is 18.8 Å². The molecule has 1 aromatic carbocycles. The van der Waals surface area contributed by atoms with Gasteiger partial charge in [-0.3, -0.25) is 0 Å². The molecule has 0 heterocycles. The number of hydrogen-bond donors (Lipinski definition) is 2. The van der Waals surface area contributed by atoms with Crippen molar-refractivity contribution in [1.29, 1.82) is 0 Å². The highest BCUT2D eigenvalue weighted by Gasteiger charge is 2.09. The predicted octanol–water partition coefficient (Wildman–Crippen LogP) is 1.76. The Balaban J connectivity index is 2.58. The number of aliphatic hydroxyl groups is 1. The highest BCUT2D eigenvalue weighted by molar-refractivity contribution is 5.19. The molecular formula is C12H19NO. The van der Waals surface area contributed by atoms with Gasteiger partial charge in [0.2, 0.25) is 0 Å². The summed E-state index contributed by atoms with van der Waals surface area (Å²) in [6, 6.07) is 10.4. The standard InChI is InChI=1S/C12H19NO/c1-13-9-7-12(8-10-14)11-5-3-2-4-6-11/h2-6,12-14H,7-10H2,1H3. The topological polar surface area (TPSA) is 32.3 Å². The van der Waals surface area contributed by atoms with Crippen molar-refractivity contribution >= 4 is 0 Å². The van der Waals surface area contributed by atoms with Crippen molar-refractivity contribution < 1.29 is 5.11 Å². The second-order valence-corrected chi connectivity index (χ2v) is 3.51. The quantitative estimate of drug-likeness (QED) is 0.721. The first kappa shape index (κ1) is 11.2. The summed E-state index contributed by atoms with van der Waals surface area (Å²) in [5, 5.41) is 12.1. The molecule has 0 amide bonds. The van der Waals surface area contributed by atoms with Gasteiger partial charge >= 0.3 is 0 Å². The highest BCUT2D eigenvalue weighted by Crippen LogP contribution is 2.22. The van der Waals surface area contributed by atoms with Crippen LogP contribution in [0, 0.1) is 0 Å². The monoisotopic (exact) mass is 193 g/mol. The van der Waals surface area contributed by atoms with Gasteiger partial charge in [0, 0.05) is 6.61 Å². The van der Waals surface area contributed by atoms with E-state index < -0.39 is 0 Å². The third-order valence-corrected chi connectivity index (χ3v) is 2.49. The average molecular weight is 193 g/mol. The fraction of sp³-hybridized carbons (Fsp3) is 0.500. The predicted molar refractivity (Wildman–Crippen MR) is 59.4 cm³/mol. The smallest absolute Gasteiger partial charge is 0.0436 e. The van der Waals surface area contributed by atoms with E-state index in [0.29, 0.717) is 5.92 Å². The molecule has 0 spiro atoms. The normalized spacial score (nSPS) is 12.7. The Bertz CT molecular complexity index is 235. The average Bonchev–Trinajstić information content (AvgIpc) is 2.25. The maximum absolute atomic E-state index is 8.98. The molecule has 0 aliphatic rings. The molecule has 1 unspecified atom stereocenters. The van der Waals surface area contributed by atoms with Gasteiger partial charge in [0.15, 0.2) is 0 Å². The minimum atomic E-state index is 0.267. The van der Waals surface area contributed by atoms with Gasteiger partial charge in [0.05, 0.1) is 0 Å². The Kier molecular flexibility index (Phi) is 5.27. The molecule has 14 heavy (non-hydrogen) atoms. The van der Waals surface area contributed by atoms with E-state index in [1.165, 1.54) is 5.56 Å². The van der Waals surface area contributed by atoms with Gasteiger partial charge in [0.25, 0.3) is 0 Å². The molecule has 78 valence electrons. The molecule has 0 bridgehead atoms. The fourth-order valence-corrected chi connectivity index (χ4v) is 1.68. The lowest BCUT2D eigenvalue weighted by atomic mass is 9.93. The molecule has 2 N–H and O–H groups in total. The lowest BCUT2D eigenvalue weighted by Gasteiger charge is -2.15. The molecule has 2 nitrogen and oxygen atoms in total. The van der Waals surface area contributed by atoms with E-state index in [2.05, 4.69) is 29.6 Å². The maximum atomic E-state index is 8.98. The first-order valence-corrected chi connectivity index (χ1v) is 5.19. The Labute approximate surface area is 86.0 Å². The SMILES string of the molecule is CNCCC(CCO)c1ccccc1. The summed E-state index contributed by atoms with van der Waals surface area (Å²) < 4.78 is 0. The maximum Gasteiger partial charge on any atom is 0.0436 e. The third kappa shape index (κ3) is 3.48. The van der Waals surface area contributed by atoms with Crippen molar-refractivity contribution in [3.05, 3.63) is 35.9 Å². The molecule has 0 saturated heterocycles. The Morgan fingerprint density at radius 2 is 1.93 bits per heavy atom. The van der Waals surface area contributed by atoms with Gasteiger partial charge in [-0.2, -0.15) is 0 Å². The Morgan fingerprint density at radius 3 is 2.50 bits per heavy atom. The summed E-state index contributed by atoms with van der Waals surface area (Å²) in [4.78, 5) is 0. The van der Waals surface area contributed by atoms with E-state index in [4.69, 9.17) is 5.11 Å². The minimum absolute atomic E-state index is 0.267. The third-order valence-electron chi connectivity index (χ3n) is 2.49. The number of hydrogen-bond acceptors (Lipinski definition) is 2. The molecule has 0 aliphatic heterocycles. The van der Waals surface area contributed by atoms with Crippen molar-refractivity contribution in [3.8, 4) is 0 Å². The molecule has 2 heteroatoms. The molecule has 0 saturated carbocycles. The van der Waals surface area contributed by atoms with Gasteiger partial charge in [-0.15, -0.1) is 0 Å². The van der Waals surface area contributed by atoms with Crippen LogP contribution in [0.2, 0.25) is 0 Å². The van der Waals surface area contributed by atoms with Gasteiger partial charge in [0.1, 0.15) is 0 Å². The van der Waals surface area contributed by atoms with Crippen molar-refractivity contribution in [1.82, 2.24) is 5.32 Å². The second kappa shape index (κ2) is 6.57. The van der Waals surface area contributed by atoms with Crippen molar-refractivity contribution in [2.75, 3.05) is 20.2 Å². The molecule has 1 aromatic rings. The molecule has 0 aromatic heterocycles. The fourth-order valence-electron chi connectivity index (χ4n) is 1.68. The van der Waals surface area contributed by atoms with E-state index in [9.17, 15) is 0 Å². The summed E-state index contributed by atoms with van der Waals surface area (Å²) >= 11 is 0. The molecule has 1 atom stereocenters. The van der Waals surface area contributed by atoms with E-state index in [1.807, 2.05) is 13.1 Å². The van der Waals surface area contributed by atoms with Gasteiger partial charge in [-0.1, -0.05) is 30.3 Å². The van der Waals surface area contributed by atoms with Crippen molar-refractivity contribution in [2.24, 2.45) is 0 Å². The Hall–Kier alpha value is -0.860. The van der Waals surface area contributed by atoms with Crippen LogP contribution in [0.1, 0.15) is 24.3 Å². The number of rotatable bonds is 6. The lowest BCUT2D eigenvalue weighted by Crippen LogP contribution is -2.13. The summed E-state index contributed by atoms with van der Waals surface area (Å²) in [6.45, 7) is 1.27. The zero-order chi connectivity index (χ0) is 10.2. The van der Waals surface area contributed by atoms with E-state index in [1.54, 1.807) is 0 Å². The van der Waals surface area contributed by atoms with Crippen LogP contribution in [0.4, 0.5) is 0 Å². The van der Waals surface area contributed by atoms with E-state index in [0.717, 1.165) is 19.4 Å². The highest BCUT2D eigenvalue weighted by atomic mass is 16.3. The lowest BCUT2D eigenvalue weighted by molar-refractivity contribution is 0.272. The van der Waals surface area contributed by atoms with Crippen LogP contribution in [0.15, 0.2) is 30.3 Å². The largest absolute Gasteiger partial charge is 0.396 e. The number of benzene rings is 1. The van der Waals surface area contributed by atoms with E-state index in [-0.39, 0.29) is 6.61 Å². The summed E-state index contributed by atoms with van der Waals surface area (Å²) in [5.41, 5.74) is 1.33. The van der Waals surface area contributed by atoms with Crippen molar-refractivity contribution in [3.63, 3.8) is 0 Å². The van der Waals surface area contributed by atoms with Crippen LogP contribution < -0.4 is 5.32 Å². The number of nitrogens with one attached hydrogen (secondary N) is 1. The van der Waals surface area contributed by atoms with Crippen LogP contribution >= 0.6 is 0 Å². The van der Waals surface area contributed by atoms with E-state index >= 15 is 0 Å². The molecule has 0 aliphatic carbocycles. The first-order chi connectivity index (χ1) is 6.88. The zero-order valence-corrected chi connectivity index (χ0v) is 8.74. The van der Waals surface area contributed by atoms with Crippen LogP contribution in [-0.2, 0) is 0 Å². The molecule has 1 rings (SSSR count). The van der Waals surface area contributed by atoms with Gasteiger partial charge in [-0.05, 0) is 37.9 Å². The summed E-state index contributed by atoms with van der Waals surface area (Å²) in [7, 11) is 1.96. The second-order valence-electron chi connectivity index (χ2n) is 3.51. The number of aliphatic hydroxyl groups excluding tert-OH is 1. The summed E-state index contributed by atoms with van der Waals surface area (Å²) in [6.07, 6.45) is 1.94. The molecule has 0 radical (unpaired) electrons. The van der Waals surface area contributed by atoms with Crippen LogP contribution in [-0.4, -0.2) is 25.3 Å². The van der Waals surface area contributed by atoms with Gasteiger partial charge < -0.3 is 10.4 Å². The Morgan fingerprint density at radius 1 is 1.21 bits per heavy atom. The molecular weight excluding hydrogens is 174 g/mol. The van der Waals surface area contributed by atoms with Crippen LogP contribution in [0.5, 0.6) is 0 Å². The van der Waals surface area contributed by atoms with Gasteiger partial charge in [-0.25, -0.2) is 0 Å². The first-order valence-electron chi connectivity index (χ1n) is 5.19. The van der Waals surface area contributed by atoms with Crippen LogP contribution in [0.25, 0.3) is 0 Å². The van der Waals surface area contributed by atoms with Crippen LogP contribution in [0.3, 0.4) is 0 Å². The minimum Gasteiger partial charge on any atom is -0.396 e. The zero-order valence-electron chi connectivity index (χ0n) is 8.74. The molecule has 0 fully saturated rings.